The number of fused-ring (bicyclic) bond motifs is 1. The molecule has 0 saturated heterocycles. The number of rotatable bonds is 6. The molecule has 3 heterocycles. The fraction of sp³-hybridized carbons (Fsp3) is 0. The fourth-order valence-electron chi connectivity index (χ4n) is 3.35. The number of H-pyrrole nitrogens is 2. The van der Waals surface area contributed by atoms with Gasteiger partial charge in [0.05, 0.1) is 34.4 Å². The van der Waals surface area contributed by atoms with Crippen LogP contribution in [0.4, 0.5) is 17.2 Å². The van der Waals surface area contributed by atoms with Crippen molar-refractivity contribution >= 4 is 46.2 Å². The van der Waals surface area contributed by atoms with Gasteiger partial charge in [-0.05, 0) is 54.6 Å². The van der Waals surface area contributed by atoms with Crippen LogP contribution in [0.25, 0.3) is 23.1 Å². The second kappa shape index (κ2) is 8.57. The molecule has 8 heteroatoms. The third-order valence-corrected chi connectivity index (χ3v) is 4.89. The summed E-state index contributed by atoms with van der Waals surface area (Å²) in [4.78, 5) is 17.0. The van der Waals surface area contributed by atoms with E-state index in [9.17, 15) is 4.79 Å². The Balaban J connectivity index is 1.37. The number of nitrogens with zero attached hydrogens (tertiary/aromatic N) is 3. The van der Waals surface area contributed by atoms with Crippen LogP contribution in [0.15, 0.2) is 79.1 Å². The SMILES string of the molecule is O=C(Nc1ccn[nH]1)c1ccccc1Nc1ccc2c(/C=C/c3ccccn3)n[nH]c2c1. The van der Waals surface area contributed by atoms with Crippen LogP contribution in [0.2, 0.25) is 0 Å². The van der Waals surface area contributed by atoms with Gasteiger partial charge in [0.25, 0.3) is 5.91 Å². The van der Waals surface area contributed by atoms with Crippen LogP contribution in [0, 0.1) is 0 Å². The Morgan fingerprint density at radius 1 is 0.906 bits per heavy atom. The highest BCUT2D eigenvalue weighted by Crippen LogP contribution is 2.26. The molecular weight excluding hydrogens is 402 g/mol. The van der Waals surface area contributed by atoms with Crippen molar-refractivity contribution in [2.45, 2.75) is 0 Å². The van der Waals surface area contributed by atoms with Crippen molar-refractivity contribution in [3.63, 3.8) is 0 Å². The van der Waals surface area contributed by atoms with Gasteiger partial charge >= 0.3 is 0 Å². The third-order valence-electron chi connectivity index (χ3n) is 4.89. The molecule has 4 N–H and O–H groups in total. The molecule has 2 aromatic carbocycles. The first-order valence-electron chi connectivity index (χ1n) is 10.0. The van der Waals surface area contributed by atoms with Gasteiger partial charge in [-0.1, -0.05) is 18.2 Å². The lowest BCUT2D eigenvalue weighted by molar-refractivity contribution is 0.102. The summed E-state index contributed by atoms with van der Waals surface area (Å²) in [6.45, 7) is 0. The monoisotopic (exact) mass is 421 g/mol. The van der Waals surface area contributed by atoms with E-state index >= 15 is 0 Å². The number of para-hydroxylation sites is 1. The summed E-state index contributed by atoms with van der Waals surface area (Å²) in [5.41, 5.74) is 4.63. The van der Waals surface area contributed by atoms with Crippen LogP contribution in [0.3, 0.4) is 0 Å². The largest absolute Gasteiger partial charge is 0.355 e. The van der Waals surface area contributed by atoms with E-state index in [1.807, 2.05) is 66.7 Å². The minimum atomic E-state index is -0.234. The maximum atomic E-state index is 12.7. The Kier molecular flexibility index (Phi) is 5.15. The summed E-state index contributed by atoms with van der Waals surface area (Å²) in [5.74, 6) is 0.303. The number of pyridine rings is 1. The smallest absolute Gasteiger partial charge is 0.258 e. The lowest BCUT2D eigenvalue weighted by atomic mass is 10.1. The van der Waals surface area contributed by atoms with Crippen molar-refractivity contribution in [2.75, 3.05) is 10.6 Å². The van der Waals surface area contributed by atoms with Gasteiger partial charge in [0.2, 0.25) is 0 Å². The maximum absolute atomic E-state index is 12.7. The van der Waals surface area contributed by atoms with Gasteiger partial charge in [0.15, 0.2) is 0 Å². The van der Waals surface area contributed by atoms with Crippen LogP contribution in [-0.4, -0.2) is 31.3 Å². The second-order valence-corrected chi connectivity index (χ2v) is 7.05. The molecule has 0 aliphatic rings. The summed E-state index contributed by atoms with van der Waals surface area (Å²) in [7, 11) is 0. The molecule has 5 aromatic rings. The average molecular weight is 421 g/mol. The highest BCUT2D eigenvalue weighted by Gasteiger charge is 2.12. The number of carbonyl (C=O) groups excluding carboxylic acids is 1. The minimum absolute atomic E-state index is 0.234. The first-order chi connectivity index (χ1) is 15.8. The molecule has 8 nitrogen and oxygen atoms in total. The Hall–Kier alpha value is -4.72. The molecule has 1 amide bonds. The average Bonchev–Trinajstić information content (AvgIpc) is 3.48. The molecule has 3 aromatic heterocycles. The highest BCUT2D eigenvalue weighted by molar-refractivity contribution is 6.08. The molecule has 0 radical (unpaired) electrons. The fourth-order valence-corrected chi connectivity index (χ4v) is 3.35. The molecular formula is C24H19N7O. The van der Waals surface area contributed by atoms with Gasteiger partial charge in [-0.3, -0.25) is 20.0 Å². The van der Waals surface area contributed by atoms with Gasteiger partial charge in [0, 0.05) is 23.3 Å². The molecule has 0 spiro atoms. The number of amides is 1. The normalized spacial score (nSPS) is 11.1. The van der Waals surface area contributed by atoms with Crippen molar-refractivity contribution in [3.05, 3.63) is 96.1 Å². The van der Waals surface area contributed by atoms with Gasteiger partial charge in [-0.25, -0.2) is 0 Å². The van der Waals surface area contributed by atoms with Gasteiger partial charge in [-0.15, -0.1) is 0 Å². The van der Waals surface area contributed by atoms with Crippen molar-refractivity contribution in [3.8, 4) is 0 Å². The maximum Gasteiger partial charge on any atom is 0.258 e. The lowest BCUT2D eigenvalue weighted by Crippen LogP contribution is -2.14. The van der Waals surface area contributed by atoms with E-state index in [0.717, 1.165) is 28.0 Å². The molecule has 0 fully saturated rings. The van der Waals surface area contributed by atoms with E-state index in [-0.39, 0.29) is 5.91 Å². The number of carbonyl (C=O) groups is 1. The van der Waals surface area contributed by atoms with E-state index in [0.29, 0.717) is 17.1 Å². The highest BCUT2D eigenvalue weighted by atomic mass is 16.1. The third kappa shape index (κ3) is 4.10. The summed E-state index contributed by atoms with van der Waals surface area (Å²) in [6, 6.07) is 20.7. The van der Waals surface area contributed by atoms with Crippen molar-refractivity contribution in [1.82, 2.24) is 25.4 Å². The van der Waals surface area contributed by atoms with Crippen LogP contribution in [0.5, 0.6) is 0 Å². The first kappa shape index (κ1) is 19.3. The van der Waals surface area contributed by atoms with Crippen LogP contribution in [0.1, 0.15) is 21.7 Å². The van der Waals surface area contributed by atoms with Crippen LogP contribution in [-0.2, 0) is 0 Å². The molecule has 0 aliphatic heterocycles. The summed E-state index contributed by atoms with van der Waals surface area (Å²) < 4.78 is 0. The topological polar surface area (TPSA) is 111 Å². The standard InChI is InChI=1S/C24H19N7O/c32-24(28-23-12-14-26-31-23)19-6-1-2-7-20(19)27-17-8-10-18-21(29-30-22(18)15-17)11-9-16-5-3-4-13-25-16/h1-15,27H,(H,29,30)(H2,26,28,31,32)/b11-9+. The number of anilines is 3. The van der Waals surface area contributed by atoms with Crippen LogP contribution >= 0.6 is 0 Å². The molecule has 0 bridgehead atoms. The zero-order valence-corrected chi connectivity index (χ0v) is 16.9. The summed E-state index contributed by atoms with van der Waals surface area (Å²) in [5, 5.41) is 21.2. The van der Waals surface area contributed by atoms with Gasteiger partial charge in [-0.2, -0.15) is 10.2 Å². The second-order valence-electron chi connectivity index (χ2n) is 7.05. The number of aromatic amines is 2. The molecule has 156 valence electrons. The Labute approximate surface area is 183 Å². The van der Waals surface area contributed by atoms with Crippen LogP contribution < -0.4 is 10.6 Å². The Morgan fingerprint density at radius 2 is 1.81 bits per heavy atom. The molecule has 0 atom stereocenters. The number of hydrogen-bond acceptors (Lipinski definition) is 5. The molecule has 5 rings (SSSR count). The quantitative estimate of drug-likeness (QED) is 0.313. The number of nitrogens with one attached hydrogen (secondary N) is 4. The molecule has 0 aliphatic carbocycles. The Morgan fingerprint density at radius 3 is 2.66 bits per heavy atom. The zero-order valence-electron chi connectivity index (χ0n) is 16.9. The Bertz CT molecular complexity index is 1390. The van der Waals surface area contributed by atoms with E-state index in [1.165, 1.54) is 0 Å². The minimum Gasteiger partial charge on any atom is -0.355 e. The number of benzene rings is 2. The van der Waals surface area contributed by atoms with E-state index in [1.54, 1.807) is 24.5 Å². The van der Waals surface area contributed by atoms with E-state index in [4.69, 9.17) is 0 Å². The van der Waals surface area contributed by atoms with Gasteiger partial charge < -0.3 is 10.6 Å². The van der Waals surface area contributed by atoms with Crippen molar-refractivity contribution < 1.29 is 4.79 Å². The van der Waals surface area contributed by atoms with Crippen molar-refractivity contribution in [2.24, 2.45) is 0 Å². The lowest BCUT2D eigenvalue weighted by Gasteiger charge is -2.12. The molecule has 0 saturated carbocycles. The summed E-state index contributed by atoms with van der Waals surface area (Å²) >= 11 is 0. The predicted molar refractivity (Wildman–Crippen MR) is 126 cm³/mol. The zero-order chi connectivity index (χ0) is 21.8. The molecule has 32 heavy (non-hydrogen) atoms. The number of aromatic nitrogens is 5. The van der Waals surface area contributed by atoms with E-state index in [2.05, 4.69) is 36.0 Å². The van der Waals surface area contributed by atoms with Crippen molar-refractivity contribution in [1.29, 1.82) is 0 Å². The number of hydrogen-bond donors (Lipinski definition) is 4. The molecule has 0 unspecified atom stereocenters. The predicted octanol–water partition coefficient (Wildman–Crippen LogP) is 4.85. The van der Waals surface area contributed by atoms with Gasteiger partial charge in [0.1, 0.15) is 5.82 Å². The van der Waals surface area contributed by atoms with E-state index < -0.39 is 0 Å². The summed E-state index contributed by atoms with van der Waals surface area (Å²) in [6.07, 6.45) is 7.20. The first-order valence-corrected chi connectivity index (χ1v) is 10.0.